The third-order valence-electron chi connectivity index (χ3n) is 9.88. The fraction of sp³-hybridized carbons (Fsp3) is 0.412. The summed E-state index contributed by atoms with van der Waals surface area (Å²) in [5, 5.41) is 1.19. The number of aromatic nitrogens is 6. The average molecular weight is 970 g/mol. The van der Waals surface area contributed by atoms with Crippen LogP contribution in [0.25, 0.3) is 0 Å². The van der Waals surface area contributed by atoms with Gasteiger partial charge in [0.15, 0.2) is 0 Å². The lowest BCUT2D eigenvalue weighted by Gasteiger charge is -2.06. The number of nitrogens with zero attached hydrogens (tertiary/aromatic N) is 3. The summed E-state index contributed by atoms with van der Waals surface area (Å²) in [4.78, 5) is 74.8. The summed E-state index contributed by atoms with van der Waals surface area (Å²) in [5.41, 5.74) is 4.05. The maximum atomic E-state index is 12.8. The van der Waals surface area contributed by atoms with E-state index in [4.69, 9.17) is 23.2 Å². The number of H-pyrrole nitrogens is 3. The van der Waals surface area contributed by atoms with E-state index in [1.54, 1.807) is 56.4 Å². The Bertz CT molecular complexity index is 2710. The van der Waals surface area contributed by atoms with Crippen LogP contribution in [-0.4, -0.2) is 28.7 Å². The highest BCUT2D eigenvalue weighted by Crippen LogP contribution is 2.15. The van der Waals surface area contributed by atoms with Crippen LogP contribution in [0.5, 0.6) is 0 Å². The van der Waals surface area contributed by atoms with Crippen LogP contribution in [0.15, 0.2) is 114 Å². The van der Waals surface area contributed by atoms with Gasteiger partial charge in [-0.25, -0.2) is 8.78 Å². The molecule has 16 heteroatoms. The molecule has 0 aromatic carbocycles. The quantitative estimate of drug-likeness (QED) is 0.150. The van der Waals surface area contributed by atoms with Crippen molar-refractivity contribution < 1.29 is 8.78 Å². The standard InChI is InChI=1S/C9H12ClNO.C9H12FNO.C9H13NO.C8H10ClNO.C8H10FNO.C8H11NO/c2*1-6(2)8-4-7(10)5-11(3)9(8)12;1-7(2)8-5-4-6-10(3)9(8)11;2*1-5(2)7-3-6(9)4-10-8(7)11;1-6(2)7-4-3-5-9-8(7)10/h2*4-6H,1-3H3;4-7H,1-3H3;2*3-5H,1-2H3,(H,10,11);3-6H,1-2H3,(H,9,10). The lowest BCUT2D eigenvalue weighted by molar-refractivity contribution is 0.596. The number of hydrogen-bond donors (Lipinski definition) is 3. The molecule has 6 rings (SSSR count). The SMILES string of the molecule is CC(C)c1cc(Cl)c[nH]c1=O.CC(C)c1cc(Cl)cn(C)c1=O.CC(C)c1cc(F)c[nH]c1=O.CC(C)c1cc(F)cn(C)c1=O.CC(C)c1ccc[nH]c1=O.CC(C)c1cccn(C)c1=O. The van der Waals surface area contributed by atoms with Gasteiger partial charge >= 0.3 is 0 Å². The molecule has 67 heavy (non-hydrogen) atoms. The number of pyridine rings is 6. The third kappa shape index (κ3) is 19.9. The van der Waals surface area contributed by atoms with E-state index in [0.29, 0.717) is 33.0 Å². The molecule has 0 saturated carbocycles. The largest absolute Gasteiger partial charge is 0.329 e. The summed E-state index contributed by atoms with van der Waals surface area (Å²) in [5.74, 6) is 0.447. The molecule has 0 saturated heterocycles. The Morgan fingerprint density at radius 2 is 0.821 bits per heavy atom. The Kier molecular flexibility index (Phi) is 25.0. The predicted molar refractivity (Wildman–Crippen MR) is 271 cm³/mol. The molecular weight excluding hydrogens is 901 g/mol. The summed E-state index contributed by atoms with van der Waals surface area (Å²) >= 11 is 11.5. The highest BCUT2D eigenvalue weighted by atomic mass is 35.5. The van der Waals surface area contributed by atoms with Gasteiger partial charge in [-0.05, 0) is 71.9 Å². The molecule has 0 bridgehead atoms. The van der Waals surface area contributed by atoms with Crippen LogP contribution in [0.2, 0.25) is 10.0 Å². The molecule has 366 valence electrons. The molecule has 0 spiro atoms. The van der Waals surface area contributed by atoms with Crippen molar-refractivity contribution >= 4 is 23.2 Å². The topological polar surface area (TPSA) is 165 Å². The first kappa shape index (κ1) is 59.2. The Morgan fingerprint density at radius 3 is 1.25 bits per heavy atom. The first-order valence-corrected chi connectivity index (χ1v) is 22.7. The second-order valence-corrected chi connectivity index (χ2v) is 18.4. The average Bonchev–Trinajstić information content (AvgIpc) is 3.24. The van der Waals surface area contributed by atoms with Crippen LogP contribution in [0.3, 0.4) is 0 Å². The van der Waals surface area contributed by atoms with Crippen molar-refractivity contribution in [2.75, 3.05) is 0 Å². The van der Waals surface area contributed by atoms with E-state index in [-0.39, 0.29) is 62.8 Å². The van der Waals surface area contributed by atoms with Crippen LogP contribution < -0.4 is 33.4 Å². The van der Waals surface area contributed by atoms with Gasteiger partial charge in [0.2, 0.25) is 0 Å². The zero-order chi connectivity index (χ0) is 51.5. The van der Waals surface area contributed by atoms with E-state index in [9.17, 15) is 37.5 Å². The smallest absolute Gasteiger partial charge is 0.253 e. The van der Waals surface area contributed by atoms with Crippen LogP contribution in [-0.2, 0) is 21.1 Å². The number of hydrogen-bond acceptors (Lipinski definition) is 6. The Labute approximate surface area is 401 Å². The van der Waals surface area contributed by atoms with Crippen molar-refractivity contribution in [1.82, 2.24) is 28.7 Å². The maximum absolute atomic E-state index is 12.8. The summed E-state index contributed by atoms with van der Waals surface area (Å²) in [7, 11) is 5.03. The molecular formula is C51H68Cl2F2N6O6. The van der Waals surface area contributed by atoms with E-state index in [1.165, 1.54) is 33.7 Å². The van der Waals surface area contributed by atoms with Crippen LogP contribution in [0, 0.1) is 11.6 Å². The molecule has 0 aliphatic heterocycles. The van der Waals surface area contributed by atoms with Crippen LogP contribution in [0.1, 0.15) is 152 Å². The van der Waals surface area contributed by atoms with Gasteiger partial charge in [0.1, 0.15) is 11.6 Å². The van der Waals surface area contributed by atoms with Gasteiger partial charge in [-0.15, -0.1) is 0 Å². The lowest BCUT2D eigenvalue weighted by Crippen LogP contribution is -2.21. The van der Waals surface area contributed by atoms with Gasteiger partial charge in [0.25, 0.3) is 33.4 Å². The predicted octanol–water partition coefficient (Wildman–Crippen LogP) is 10.6. The van der Waals surface area contributed by atoms with E-state index in [1.807, 2.05) is 107 Å². The van der Waals surface area contributed by atoms with E-state index >= 15 is 0 Å². The molecule has 6 aromatic rings. The lowest BCUT2D eigenvalue weighted by atomic mass is 10.1. The number of halogens is 4. The second-order valence-electron chi connectivity index (χ2n) is 17.5. The zero-order valence-corrected chi connectivity index (χ0v) is 42.9. The van der Waals surface area contributed by atoms with E-state index in [0.717, 1.165) is 28.5 Å². The second kappa shape index (κ2) is 28.3. The molecule has 0 aliphatic rings. The zero-order valence-electron chi connectivity index (χ0n) is 41.3. The minimum atomic E-state index is -0.395. The molecule has 0 amide bonds. The van der Waals surface area contributed by atoms with E-state index < -0.39 is 5.82 Å². The van der Waals surface area contributed by atoms with E-state index in [2.05, 4.69) is 15.0 Å². The Balaban J connectivity index is 0.000000402. The van der Waals surface area contributed by atoms with Gasteiger partial charge in [-0.2, -0.15) is 0 Å². The van der Waals surface area contributed by atoms with Gasteiger partial charge in [0.05, 0.1) is 10.0 Å². The number of rotatable bonds is 6. The fourth-order valence-corrected chi connectivity index (χ4v) is 6.40. The minimum Gasteiger partial charge on any atom is -0.329 e. The van der Waals surface area contributed by atoms with Crippen molar-refractivity contribution in [3.8, 4) is 0 Å². The summed E-state index contributed by atoms with van der Waals surface area (Å²) < 4.78 is 29.7. The first-order chi connectivity index (χ1) is 31.1. The Morgan fingerprint density at radius 1 is 0.433 bits per heavy atom. The normalized spacial score (nSPS) is 10.6. The first-order valence-electron chi connectivity index (χ1n) is 21.9. The van der Waals surface area contributed by atoms with Crippen molar-refractivity contribution in [3.63, 3.8) is 0 Å². The van der Waals surface area contributed by atoms with Crippen LogP contribution >= 0.6 is 23.2 Å². The molecule has 6 aromatic heterocycles. The van der Waals surface area contributed by atoms with Gasteiger partial charge < -0.3 is 28.7 Å². The molecule has 12 nitrogen and oxygen atoms in total. The van der Waals surface area contributed by atoms with Crippen molar-refractivity contribution in [3.05, 3.63) is 203 Å². The number of nitrogens with one attached hydrogen (secondary N) is 3. The maximum Gasteiger partial charge on any atom is 0.253 e. The number of aromatic amines is 3. The highest BCUT2D eigenvalue weighted by molar-refractivity contribution is 6.30. The molecule has 6 heterocycles. The highest BCUT2D eigenvalue weighted by Gasteiger charge is 2.09. The van der Waals surface area contributed by atoms with Crippen LogP contribution in [0.4, 0.5) is 8.78 Å². The van der Waals surface area contributed by atoms with Crippen molar-refractivity contribution in [2.45, 2.75) is 119 Å². The molecule has 0 fully saturated rings. The monoisotopic (exact) mass is 968 g/mol. The van der Waals surface area contributed by atoms with Gasteiger partial charge in [0, 0.05) is 91.7 Å². The van der Waals surface area contributed by atoms with Crippen molar-refractivity contribution in [2.24, 2.45) is 21.1 Å². The van der Waals surface area contributed by atoms with Gasteiger partial charge in [-0.1, -0.05) is 118 Å². The fourth-order valence-electron chi connectivity index (χ4n) is 5.97. The molecule has 0 unspecified atom stereocenters. The third-order valence-corrected chi connectivity index (χ3v) is 10.3. The Hall–Kier alpha value is -5.86. The summed E-state index contributed by atoms with van der Waals surface area (Å²) in [6.45, 7) is 23.4. The molecule has 3 N–H and O–H groups in total. The minimum absolute atomic E-state index is 0.0255. The summed E-state index contributed by atoms with van der Waals surface area (Å²) in [6, 6.07) is 13.5. The summed E-state index contributed by atoms with van der Waals surface area (Å²) in [6.07, 6.45) is 8.79. The molecule has 0 aliphatic carbocycles. The number of aryl methyl sites for hydroxylation is 3. The molecule has 0 radical (unpaired) electrons. The molecule has 0 atom stereocenters. The van der Waals surface area contributed by atoms with Crippen molar-refractivity contribution in [1.29, 1.82) is 0 Å². The van der Waals surface area contributed by atoms with Gasteiger partial charge in [-0.3, -0.25) is 28.8 Å².